The van der Waals surface area contributed by atoms with Crippen LogP contribution in [0.3, 0.4) is 0 Å². The fourth-order valence-corrected chi connectivity index (χ4v) is 4.60. The average molecular weight is 343 g/mol. The van der Waals surface area contributed by atoms with Crippen LogP contribution in [-0.4, -0.2) is 58.3 Å². The highest BCUT2D eigenvalue weighted by atomic mass is 32.2. The maximum absolute atomic E-state index is 12.1. The minimum absolute atomic E-state index is 0.0869. The Hall–Kier alpha value is -1.12. The van der Waals surface area contributed by atoms with Gasteiger partial charge in [-0.2, -0.15) is 0 Å². The number of nitrogens with one attached hydrogen (secondary N) is 1. The molecular weight excluding hydrogens is 322 g/mol. The van der Waals surface area contributed by atoms with E-state index in [2.05, 4.69) is 17.2 Å². The van der Waals surface area contributed by atoms with Crippen LogP contribution in [0.1, 0.15) is 36.7 Å². The lowest BCUT2D eigenvalue weighted by atomic mass is 10.0. The molecule has 1 amide bonds. The summed E-state index contributed by atoms with van der Waals surface area (Å²) in [7, 11) is 1.94. The van der Waals surface area contributed by atoms with Crippen molar-refractivity contribution in [2.75, 3.05) is 19.3 Å². The van der Waals surface area contributed by atoms with Gasteiger partial charge in [0.05, 0.1) is 0 Å². The number of carbonyl (C=O) groups excluding carboxylic acids is 1. The van der Waals surface area contributed by atoms with Crippen molar-refractivity contribution in [3.8, 4) is 0 Å². The smallest absolute Gasteiger partial charge is 0.355 e. The van der Waals surface area contributed by atoms with Crippen LogP contribution in [0.4, 0.5) is 0 Å². The molecule has 1 fully saturated rings. The van der Waals surface area contributed by atoms with E-state index in [9.17, 15) is 9.59 Å². The minimum Gasteiger partial charge on any atom is -0.476 e. The lowest BCUT2D eigenvalue weighted by Crippen LogP contribution is -2.47. The van der Waals surface area contributed by atoms with Crippen molar-refractivity contribution < 1.29 is 14.7 Å². The van der Waals surface area contributed by atoms with Crippen molar-refractivity contribution in [3.05, 3.63) is 11.1 Å². The van der Waals surface area contributed by atoms with Gasteiger partial charge in [-0.05, 0) is 19.9 Å². The lowest BCUT2D eigenvalue weighted by Gasteiger charge is -2.31. The molecule has 0 aromatic carbocycles. The summed E-state index contributed by atoms with van der Waals surface area (Å²) in [5, 5.41) is 13.7. The Kier molecular flexibility index (Phi) is 6.22. The topological polar surface area (TPSA) is 82.5 Å². The van der Waals surface area contributed by atoms with Crippen LogP contribution in [0.15, 0.2) is 9.72 Å². The first-order valence-electron chi connectivity index (χ1n) is 7.35. The summed E-state index contributed by atoms with van der Waals surface area (Å²) in [6.45, 7) is 2.80. The van der Waals surface area contributed by atoms with Gasteiger partial charge in [0, 0.05) is 36.2 Å². The molecule has 2 rings (SSSR count). The third kappa shape index (κ3) is 3.99. The summed E-state index contributed by atoms with van der Waals surface area (Å²) < 4.78 is 0.737. The second kappa shape index (κ2) is 7.94. The quantitative estimate of drug-likeness (QED) is 0.702. The molecule has 0 spiro atoms. The van der Waals surface area contributed by atoms with E-state index in [4.69, 9.17) is 5.11 Å². The fourth-order valence-electron chi connectivity index (χ4n) is 2.79. The highest BCUT2D eigenvalue weighted by molar-refractivity contribution is 8.01. The third-order valence-electron chi connectivity index (χ3n) is 3.91. The molecule has 0 saturated carbocycles. The zero-order chi connectivity index (χ0) is 16.1. The maximum atomic E-state index is 12.1. The zero-order valence-electron chi connectivity index (χ0n) is 12.7. The minimum atomic E-state index is -1.00. The molecule has 1 aliphatic rings. The van der Waals surface area contributed by atoms with Crippen molar-refractivity contribution in [1.29, 1.82) is 0 Å². The molecule has 0 bridgehead atoms. The van der Waals surface area contributed by atoms with Gasteiger partial charge in [-0.3, -0.25) is 4.79 Å². The number of aromatic carboxylic acids is 1. The van der Waals surface area contributed by atoms with Gasteiger partial charge in [-0.15, -0.1) is 11.3 Å². The summed E-state index contributed by atoms with van der Waals surface area (Å²) >= 11 is 2.84. The molecule has 2 atom stereocenters. The summed E-state index contributed by atoms with van der Waals surface area (Å²) in [6, 6.07) is 0.587. The number of likely N-dealkylation sites (tertiary alicyclic amines) is 1. The molecule has 8 heteroatoms. The average Bonchev–Trinajstić information content (AvgIpc) is 3.10. The Bertz CT molecular complexity index is 531. The number of carboxylic acids is 1. The second-order valence-electron chi connectivity index (χ2n) is 5.15. The van der Waals surface area contributed by atoms with Gasteiger partial charge in [-0.25, -0.2) is 9.78 Å². The van der Waals surface area contributed by atoms with Crippen molar-refractivity contribution >= 4 is 35.0 Å². The first kappa shape index (κ1) is 17.2. The van der Waals surface area contributed by atoms with E-state index in [0.717, 1.165) is 22.9 Å². The molecular formula is C14H21N3O3S2. The van der Waals surface area contributed by atoms with E-state index in [1.54, 1.807) is 5.38 Å². The van der Waals surface area contributed by atoms with Crippen molar-refractivity contribution in [2.45, 2.75) is 42.6 Å². The summed E-state index contributed by atoms with van der Waals surface area (Å²) in [5.41, 5.74) is 0.0869. The van der Waals surface area contributed by atoms with Crippen LogP contribution < -0.4 is 5.32 Å². The van der Waals surface area contributed by atoms with Crippen molar-refractivity contribution in [1.82, 2.24) is 15.2 Å². The van der Waals surface area contributed by atoms with Crippen LogP contribution in [-0.2, 0) is 4.79 Å². The molecule has 1 saturated heterocycles. The molecule has 0 aliphatic carbocycles. The van der Waals surface area contributed by atoms with Gasteiger partial charge < -0.3 is 15.3 Å². The third-order valence-corrected chi connectivity index (χ3v) is 5.91. The monoisotopic (exact) mass is 343 g/mol. The molecule has 1 aromatic rings. The van der Waals surface area contributed by atoms with Crippen LogP contribution in [0, 0.1) is 0 Å². The maximum Gasteiger partial charge on any atom is 0.355 e. The molecule has 0 radical (unpaired) electrons. The van der Waals surface area contributed by atoms with Gasteiger partial charge in [-0.1, -0.05) is 18.7 Å². The molecule has 122 valence electrons. The lowest BCUT2D eigenvalue weighted by molar-refractivity contribution is -0.129. The van der Waals surface area contributed by atoms with Gasteiger partial charge >= 0.3 is 5.97 Å². The molecule has 6 nitrogen and oxygen atoms in total. The SMILES string of the molecule is CCC(NC)C1CCC(=O)N1CCSc1nc(C(=O)O)cs1. The van der Waals surface area contributed by atoms with E-state index >= 15 is 0 Å². The first-order chi connectivity index (χ1) is 10.6. The predicted molar refractivity (Wildman–Crippen MR) is 87.7 cm³/mol. The van der Waals surface area contributed by atoms with E-state index in [0.29, 0.717) is 19.0 Å². The largest absolute Gasteiger partial charge is 0.476 e. The molecule has 22 heavy (non-hydrogen) atoms. The number of carbonyl (C=O) groups is 2. The molecule has 2 unspecified atom stereocenters. The predicted octanol–water partition coefficient (Wildman–Crippen LogP) is 1.92. The number of carboxylic acid groups (broad SMARTS) is 1. The first-order valence-corrected chi connectivity index (χ1v) is 9.21. The number of amides is 1. The zero-order valence-corrected chi connectivity index (χ0v) is 14.4. The van der Waals surface area contributed by atoms with Crippen molar-refractivity contribution in [2.24, 2.45) is 0 Å². The number of thioether (sulfide) groups is 1. The standard InChI is InChI=1S/C14H21N3O3S2/c1-3-9(15-2)11-4-5-12(18)17(11)6-7-21-14-16-10(8-22-14)13(19)20/h8-9,11,15H,3-7H2,1-2H3,(H,19,20). The van der Waals surface area contributed by atoms with Crippen LogP contribution in [0.2, 0.25) is 0 Å². The number of hydrogen-bond acceptors (Lipinski definition) is 6. The summed E-state index contributed by atoms with van der Waals surface area (Å²) in [5.74, 6) is -0.0584. The number of hydrogen-bond donors (Lipinski definition) is 2. The van der Waals surface area contributed by atoms with E-state index < -0.39 is 5.97 Å². The van der Waals surface area contributed by atoms with Crippen LogP contribution in [0.5, 0.6) is 0 Å². The fraction of sp³-hybridized carbons (Fsp3) is 0.643. The second-order valence-corrected chi connectivity index (χ2v) is 7.35. The van der Waals surface area contributed by atoms with Crippen molar-refractivity contribution in [3.63, 3.8) is 0 Å². The Morgan fingerprint density at radius 1 is 1.68 bits per heavy atom. The number of aromatic nitrogens is 1. The van der Waals surface area contributed by atoms with Gasteiger partial charge in [0.1, 0.15) is 0 Å². The highest BCUT2D eigenvalue weighted by Crippen LogP contribution is 2.26. The van der Waals surface area contributed by atoms with Gasteiger partial charge in [0.15, 0.2) is 10.0 Å². The number of likely N-dealkylation sites (N-methyl/N-ethyl adjacent to an activating group) is 1. The number of rotatable bonds is 8. The Labute approximate surface area is 138 Å². The van der Waals surface area contributed by atoms with E-state index in [-0.39, 0.29) is 17.6 Å². The molecule has 1 aromatic heterocycles. The Morgan fingerprint density at radius 2 is 2.45 bits per heavy atom. The number of nitrogens with zero attached hydrogens (tertiary/aromatic N) is 2. The van der Waals surface area contributed by atoms with E-state index in [1.807, 2.05) is 11.9 Å². The van der Waals surface area contributed by atoms with Gasteiger partial charge in [0.2, 0.25) is 5.91 Å². The Morgan fingerprint density at radius 3 is 3.05 bits per heavy atom. The summed E-state index contributed by atoms with van der Waals surface area (Å²) in [4.78, 5) is 28.9. The van der Waals surface area contributed by atoms with E-state index in [1.165, 1.54) is 23.1 Å². The Balaban J connectivity index is 1.88. The number of thiazole rings is 1. The normalized spacial score (nSPS) is 19.6. The molecule has 2 N–H and O–H groups in total. The van der Waals surface area contributed by atoms with Crippen LogP contribution in [0.25, 0.3) is 0 Å². The highest BCUT2D eigenvalue weighted by Gasteiger charge is 2.34. The van der Waals surface area contributed by atoms with Crippen LogP contribution >= 0.6 is 23.1 Å². The molecule has 2 heterocycles. The van der Waals surface area contributed by atoms with Gasteiger partial charge in [0.25, 0.3) is 0 Å². The molecule has 1 aliphatic heterocycles. The summed E-state index contributed by atoms with van der Waals surface area (Å²) in [6.07, 6.45) is 2.52.